The zero-order valence-electron chi connectivity index (χ0n) is 13.8. The Morgan fingerprint density at radius 3 is 2.71 bits per heavy atom. The zero-order valence-corrected chi connectivity index (χ0v) is 15.4. The molecule has 0 bridgehead atoms. The average molecular weight is 367 g/mol. The number of ether oxygens (including phenoxy) is 1. The molecule has 1 aliphatic heterocycles. The Labute approximate surface area is 146 Å². The SMILES string of the molecule is Cc1cc(S(=O)(=O)Nc2cccc(CN3CCOCC3)n2)sc1C. The van der Waals surface area contributed by atoms with E-state index in [1.807, 2.05) is 26.0 Å². The van der Waals surface area contributed by atoms with E-state index in [4.69, 9.17) is 4.74 Å². The van der Waals surface area contributed by atoms with Crippen LogP contribution in [0.15, 0.2) is 28.5 Å². The van der Waals surface area contributed by atoms with E-state index in [0.29, 0.717) is 16.6 Å². The molecule has 0 amide bonds. The summed E-state index contributed by atoms with van der Waals surface area (Å²) < 4.78 is 33.2. The van der Waals surface area contributed by atoms with Crippen molar-refractivity contribution in [1.29, 1.82) is 0 Å². The lowest BCUT2D eigenvalue weighted by atomic mass is 10.3. The summed E-state index contributed by atoms with van der Waals surface area (Å²) in [5.41, 5.74) is 1.82. The number of rotatable bonds is 5. The minimum Gasteiger partial charge on any atom is -0.379 e. The second-order valence-electron chi connectivity index (χ2n) is 5.81. The van der Waals surface area contributed by atoms with E-state index in [1.165, 1.54) is 11.3 Å². The highest BCUT2D eigenvalue weighted by Crippen LogP contribution is 2.26. The van der Waals surface area contributed by atoms with Crippen molar-refractivity contribution in [1.82, 2.24) is 9.88 Å². The number of hydrogen-bond acceptors (Lipinski definition) is 6. The van der Waals surface area contributed by atoms with Crippen molar-refractivity contribution in [3.05, 3.63) is 40.4 Å². The van der Waals surface area contributed by atoms with E-state index in [-0.39, 0.29) is 0 Å². The summed E-state index contributed by atoms with van der Waals surface area (Å²) in [4.78, 5) is 7.69. The lowest BCUT2D eigenvalue weighted by Gasteiger charge is -2.26. The molecule has 3 rings (SSSR count). The maximum absolute atomic E-state index is 12.5. The molecular formula is C16H21N3O3S2. The number of hydrogen-bond donors (Lipinski definition) is 1. The molecule has 0 unspecified atom stereocenters. The molecule has 2 aromatic heterocycles. The number of nitrogens with zero attached hydrogens (tertiary/aromatic N) is 2. The van der Waals surface area contributed by atoms with Crippen molar-refractivity contribution in [2.45, 2.75) is 24.6 Å². The van der Waals surface area contributed by atoms with Crippen LogP contribution in [0.25, 0.3) is 0 Å². The van der Waals surface area contributed by atoms with Gasteiger partial charge in [-0.15, -0.1) is 11.3 Å². The average Bonchev–Trinajstić information content (AvgIpc) is 2.89. The van der Waals surface area contributed by atoms with E-state index < -0.39 is 10.0 Å². The van der Waals surface area contributed by atoms with Gasteiger partial charge in [0.2, 0.25) is 0 Å². The van der Waals surface area contributed by atoms with Crippen LogP contribution in [0.3, 0.4) is 0 Å². The number of anilines is 1. The first kappa shape index (κ1) is 17.3. The molecule has 2 aromatic rings. The number of thiophene rings is 1. The summed E-state index contributed by atoms with van der Waals surface area (Å²) in [5.74, 6) is 0.351. The van der Waals surface area contributed by atoms with Gasteiger partial charge in [-0.1, -0.05) is 6.07 Å². The lowest BCUT2D eigenvalue weighted by molar-refractivity contribution is 0.0337. The van der Waals surface area contributed by atoms with Gasteiger partial charge in [-0.2, -0.15) is 0 Å². The molecule has 130 valence electrons. The molecule has 1 N–H and O–H groups in total. The van der Waals surface area contributed by atoms with E-state index in [0.717, 1.165) is 42.4 Å². The molecule has 0 aliphatic carbocycles. The van der Waals surface area contributed by atoms with Crippen LogP contribution in [0.5, 0.6) is 0 Å². The fourth-order valence-electron chi connectivity index (χ4n) is 2.47. The maximum atomic E-state index is 12.5. The van der Waals surface area contributed by atoms with Crippen molar-refractivity contribution in [2.24, 2.45) is 0 Å². The van der Waals surface area contributed by atoms with Gasteiger partial charge in [-0.3, -0.25) is 9.62 Å². The van der Waals surface area contributed by atoms with Crippen molar-refractivity contribution in [2.75, 3.05) is 31.0 Å². The van der Waals surface area contributed by atoms with Gasteiger partial charge >= 0.3 is 0 Å². The number of nitrogens with one attached hydrogen (secondary N) is 1. The van der Waals surface area contributed by atoms with Crippen LogP contribution in [0.2, 0.25) is 0 Å². The lowest BCUT2D eigenvalue weighted by Crippen LogP contribution is -2.35. The first-order chi connectivity index (χ1) is 11.4. The number of aryl methyl sites for hydroxylation is 2. The van der Waals surface area contributed by atoms with Crippen LogP contribution in [-0.2, 0) is 21.3 Å². The van der Waals surface area contributed by atoms with Gasteiger partial charge in [-0.25, -0.2) is 13.4 Å². The Morgan fingerprint density at radius 1 is 1.29 bits per heavy atom. The third kappa shape index (κ3) is 4.13. The van der Waals surface area contributed by atoms with Crippen LogP contribution in [0, 0.1) is 13.8 Å². The van der Waals surface area contributed by atoms with Gasteiger partial charge in [0, 0.05) is 24.5 Å². The molecule has 0 aromatic carbocycles. The first-order valence-corrected chi connectivity index (χ1v) is 10.1. The molecule has 3 heterocycles. The summed E-state index contributed by atoms with van der Waals surface area (Å²) >= 11 is 1.27. The van der Waals surface area contributed by atoms with Gasteiger partial charge < -0.3 is 4.74 Å². The molecule has 24 heavy (non-hydrogen) atoms. The number of aromatic nitrogens is 1. The molecule has 0 spiro atoms. The molecule has 1 fully saturated rings. The molecule has 6 nitrogen and oxygen atoms in total. The number of morpholine rings is 1. The highest BCUT2D eigenvalue weighted by Gasteiger charge is 2.19. The Kier molecular flexibility index (Phi) is 5.19. The predicted octanol–water partition coefficient (Wildman–Crippen LogP) is 2.39. The molecule has 0 saturated carbocycles. The smallest absolute Gasteiger partial charge is 0.272 e. The normalized spacial score (nSPS) is 16.2. The quantitative estimate of drug-likeness (QED) is 0.879. The number of sulfonamides is 1. The van der Waals surface area contributed by atoms with Crippen LogP contribution in [0.1, 0.15) is 16.1 Å². The fourth-order valence-corrected chi connectivity index (χ4v) is 4.99. The standard InChI is InChI=1S/C16H21N3O3S2/c1-12-10-16(23-13(12)2)24(20,21)18-15-5-3-4-14(17-15)11-19-6-8-22-9-7-19/h3-5,10H,6-9,11H2,1-2H3,(H,17,18). The van der Waals surface area contributed by atoms with Crippen molar-refractivity contribution >= 4 is 27.2 Å². The summed E-state index contributed by atoms with van der Waals surface area (Å²) in [6, 6.07) is 7.10. The highest BCUT2D eigenvalue weighted by molar-refractivity contribution is 7.94. The first-order valence-electron chi connectivity index (χ1n) is 7.80. The Morgan fingerprint density at radius 2 is 2.04 bits per heavy atom. The Hall–Kier alpha value is -1.48. The third-order valence-corrected chi connectivity index (χ3v) is 6.92. The second kappa shape index (κ2) is 7.18. The third-order valence-electron chi connectivity index (χ3n) is 3.94. The van der Waals surface area contributed by atoms with E-state index in [9.17, 15) is 8.42 Å². The molecule has 1 aliphatic rings. The zero-order chi connectivity index (χ0) is 17.2. The van der Waals surface area contributed by atoms with Crippen LogP contribution in [0.4, 0.5) is 5.82 Å². The minimum atomic E-state index is -3.59. The summed E-state index contributed by atoms with van der Waals surface area (Å²) in [5, 5.41) is 0. The Bertz CT molecular complexity index is 792. The van der Waals surface area contributed by atoms with Gasteiger partial charge in [0.05, 0.1) is 18.9 Å². The minimum absolute atomic E-state index is 0.317. The van der Waals surface area contributed by atoms with Crippen LogP contribution >= 0.6 is 11.3 Å². The second-order valence-corrected chi connectivity index (χ2v) is 8.98. The van der Waals surface area contributed by atoms with Gasteiger partial charge in [0.1, 0.15) is 10.0 Å². The molecule has 1 saturated heterocycles. The number of pyridine rings is 1. The van der Waals surface area contributed by atoms with Gasteiger partial charge in [0.15, 0.2) is 0 Å². The van der Waals surface area contributed by atoms with Gasteiger partial charge in [-0.05, 0) is 37.6 Å². The van der Waals surface area contributed by atoms with Crippen LogP contribution < -0.4 is 4.72 Å². The fraction of sp³-hybridized carbons (Fsp3) is 0.438. The molecule has 0 radical (unpaired) electrons. The van der Waals surface area contributed by atoms with Crippen molar-refractivity contribution in [3.8, 4) is 0 Å². The molecule has 0 atom stereocenters. The van der Waals surface area contributed by atoms with Crippen LogP contribution in [-0.4, -0.2) is 44.6 Å². The van der Waals surface area contributed by atoms with Crippen molar-refractivity contribution < 1.29 is 13.2 Å². The Balaban J connectivity index is 1.73. The summed E-state index contributed by atoms with van der Waals surface area (Å²) in [6.07, 6.45) is 0. The monoisotopic (exact) mass is 367 g/mol. The maximum Gasteiger partial charge on any atom is 0.272 e. The summed E-state index contributed by atoms with van der Waals surface area (Å²) in [6.45, 7) is 7.70. The van der Waals surface area contributed by atoms with E-state index >= 15 is 0 Å². The molecule has 8 heteroatoms. The highest BCUT2D eigenvalue weighted by atomic mass is 32.2. The predicted molar refractivity (Wildman–Crippen MR) is 94.9 cm³/mol. The topological polar surface area (TPSA) is 71.5 Å². The largest absolute Gasteiger partial charge is 0.379 e. The van der Waals surface area contributed by atoms with E-state index in [1.54, 1.807) is 12.1 Å². The van der Waals surface area contributed by atoms with Crippen molar-refractivity contribution in [3.63, 3.8) is 0 Å². The summed E-state index contributed by atoms with van der Waals surface area (Å²) in [7, 11) is -3.59. The van der Waals surface area contributed by atoms with E-state index in [2.05, 4.69) is 14.6 Å². The van der Waals surface area contributed by atoms with Gasteiger partial charge in [0.25, 0.3) is 10.0 Å². The molecular weight excluding hydrogens is 346 g/mol.